The maximum Gasteiger partial charge on any atom is 0.351 e. The van der Waals surface area contributed by atoms with Gasteiger partial charge in [0.25, 0.3) is 0 Å². The van der Waals surface area contributed by atoms with Crippen LogP contribution in [0.15, 0.2) is 64.8 Å². The minimum Gasteiger partial charge on any atom is -0.457 e. The summed E-state index contributed by atoms with van der Waals surface area (Å²) >= 11 is 0. The zero-order valence-corrected chi connectivity index (χ0v) is 16.2. The van der Waals surface area contributed by atoms with Crippen LogP contribution in [0.1, 0.15) is 5.56 Å². The SMILES string of the molecule is N#CC(C(=O)OCc1ccc(F)cc1)=C1Nc2ccccc2N=C1N1CCNCC1. The number of carbonyl (C=O) groups excluding carboxylic acids is 1. The minimum atomic E-state index is -0.758. The topological polar surface area (TPSA) is 89.8 Å². The van der Waals surface area contributed by atoms with Gasteiger partial charge < -0.3 is 20.3 Å². The molecule has 2 N–H and O–H groups in total. The van der Waals surface area contributed by atoms with E-state index in [4.69, 9.17) is 9.73 Å². The summed E-state index contributed by atoms with van der Waals surface area (Å²) in [6, 6.07) is 15.1. The van der Waals surface area contributed by atoms with Crippen molar-refractivity contribution in [2.24, 2.45) is 4.99 Å². The van der Waals surface area contributed by atoms with Gasteiger partial charge in [-0.1, -0.05) is 24.3 Å². The number of nitriles is 1. The molecule has 2 aromatic carbocycles. The van der Waals surface area contributed by atoms with Gasteiger partial charge in [-0.3, -0.25) is 0 Å². The predicted octanol–water partition coefficient (Wildman–Crippen LogP) is 2.71. The first-order valence-electron chi connectivity index (χ1n) is 9.62. The second-order valence-corrected chi connectivity index (χ2v) is 6.88. The number of amidine groups is 1. The van der Waals surface area contributed by atoms with Gasteiger partial charge in [-0.25, -0.2) is 14.2 Å². The second kappa shape index (κ2) is 8.76. The standard InChI is InChI=1S/C22H20FN5O2/c23-16-7-5-15(6-8-16)14-30-22(29)17(13-24)20-21(28-11-9-25-10-12-28)27-19-4-2-1-3-18(19)26-20/h1-8,25-26H,9-12,14H2. The largest absolute Gasteiger partial charge is 0.457 e. The molecule has 2 aliphatic heterocycles. The first-order valence-corrected chi connectivity index (χ1v) is 9.62. The number of hydrogen-bond acceptors (Lipinski definition) is 7. The number of hydrogen-bond donors (Lipinski definition) is 2. The highest BCUT2D eigenvalue weighted by atomic mass is 19.1. The zero-order chi connectivity index (χ0) is 20.9. The lowest BCUT2D eigenvalue weighted by Gasteiger charge is -2.34. The fourth-order valence-corrected chi connectivity index (χ4v) is 3.32. The third-order valence-corrected chi connectivity index (χ3v) is 4.88. The molecule has 0 aromatic heterocycles. The maximum absolute atomic E-state index is 13.1. The van der Waals surface area contributed by atoms with Crippen molar-refractivity contribution in [3.8, 4) is 6.07 Å². The van der Waals surface area contributed by atoms with E-state index < -0.39 is 5.97 Å². The molecule has 1 fully saturated rings. The summed E-state index contributed by atoms with van der Waals surface area (Å²) in [5.41, 5.74) is 2.27. The molecule has 1 saturated heterocycles. The average molecular weight is 405 g/mol. The van der Waals surface area contributed by atoms with Gasteiger partial charge in [0.2, 0.25) is 0 Å². The van der Waals surface area contributed by atoms with Crippen molar-refractivity contribution >= 4 is 23.2 Å². The van der Waals surface area contributed by atoms with Crippen LogP contribution in [0.4, 0.5) is 15.8 Å². The number of fused-ring (bicyclic) bond motifs is 1. The van der Waals surface area contributed by atoms with Crippen molar-refractivity contribution < 1.29 is 13.9 Å². The average Bonchev–Trinajstić information content (AvgIpc) is 2.79. The molecule has 0 unspecified atom stereocenters. The Kier molecular flexibility index (Phi) is 5.72. The van der Waals surface area contributed by atoms with E-state index in [1.54, 1.807) is 0 Å². The fourth-order valence-electron chi connectivity index (χ4n) is 3.32. The lowest BCUT2D eigenvalue weighted by molar-refractivity contribution is -0.139. The van der Waals surface area contributed by atoms with Crippen LogP contribution in [-0.4, -0.2) is 42.9 Å². The number of nitrogens with zero attached hydrogens (tertiary/aromatic N) is 3. The van der Waals surface area contributed by atoms with Crippen LogP contribution in [0.5, 0.6) is 0 Å². The molecule has 0 radical (unpaired) electrons. The molecule has 4 rings (SSSR count). The first-order chi connectivity index (χ1) is 14.7. The molecule has 0 amide bonds. The van der Waals surface area contributed by atoms with Crippen molar-refractivity contribution in [1.29, 1.82) is 5.26 Å². The summed E-state index contributed by atoms with van der Waals surface area (Å²) < 4.78 is 18.4. The lowest BCUT2D eigenvalue weighted by Crippen LogP contribution is -2.48. The molecule has 0 saturated carbocycles. The smallest absolute Gasteiger partial charge is 0.351 e. The monoisotopic (exact) mass is 405 g/mol. The highest BCUT2D eigenvalue weighted by Crippen LogP contribution is 2.32. The van der Waals surface area contributed by atoms with E-state index in [0.717, 1.165) is 18.8 Å². The maximum atomic E-state index is 13.1. The van der Waals surface area contributed by atoms with E-state index >= 15 is 0 Å². The number of aliphatic imine (C=N–C) groups is 1. The van der Waals surface area contributed by atoms with Gasteiger partial charge >= 0.3 is 5.97 Å². The number of halogens is 1. The van der Waals surface area contributed by atoms with Crippen molar-refractivity contribution in [3.05, 3.63) is 71.2 Å². The number of anilines is 1. The third-order valence-electron chi connectivity index (χ3n) is 4.88. The number of benzene rings is 2. The molecule has 0 spiro atoms. The van der Waals surface area contributed by atoms with Crippen molar-refractivity contribution in [1.82, 2.24) is 10.2 Å². The van der Waals surface area contributed by atoms with E-state index in [2.05, 4.69) is 10.6 Å². The number of piperazine rings is 1. The Bertz CT molecular complexity index is 1050. The number of esters is 1. The Hall–Kier alpha value is -3.70. The van der Waals surface area contributed by atoms with Crippen LogP contribution in [0, 0.1) is 17.1 Å². The Labute approximate surface area is 173 Å². The number of nitrogens with one attached hydrogen (secondary N) is 2. The molecule has 0 aliphatic carbocycles. The molecule has 2 aliphatic rings. The molecule has 152 valence electrons. The summed E-state index contributed by atoms with van der Waals surface area (Å²) in [4.78, 5) is 19.5. The predicted molar refractivity (Wildman–Crippen MR) is 110 cm³/mol. The number of ether oxygens (including phenoxy) is 1. The molecule has 7 nitrogen and oxygen atoms in total. The minimum absolute atomic E-state index is 0.0612. The Morgan fingerprint density at radius 3 is 2.63 bits per heavy atom. The number of carbonyl (C=O) groups is 1. The summed E-state index contributed by atoms with van der Waals surface area (Å²) in [5, 5.41) is 16.2. The van der Waals surface area contributed by atoms with Gasteiger partial charge in [0.15, 0.2) is 11.4 Å². The Morgan fingerprint density at radius 1 is 1.17 bits per heavy atom. The van der Waals surface area contributed by atoms with Crippen LogP contribution >= 0.6 is 0 Å². The van der Waals surface area contributed by atoms with Crippen molar-refractivity contribution in [3.63, 3.8) is 0 Å². The third kappa shape index (κ3) is 4.16. The summed E-state index contributed by atoms with van der Waals surface area (Å²) in [7, 11) is 0. The van der Waals surface area contributed by atoms with E-state index in [0.29, 0.717) is 35.9 Å². The van der Waals surface area contributed by atoms with Crippen molar-refractivity contribution in [2.75, 3.05) is 31.5 Å². The molecule has 30 heavy (non-hydrogen) atoms. The van der Waals surface area contributed by atoms with Gasteiger partial charge in [-0.2, -0.15) is 5.26 Å². The molecule has 2 heterocycles. The molecule has 8 heteroatoms. The molecular weight excluding hydrogens is 385 g/mol. The second-order valence-electron chi connectivity index (χ2n) is 6.88. The molecular formula is C22H20FN5O2. The quantitative estimate of drug-likeness (QED) is 0.464. The van der Waals surface area contributed by atoms with E-state index in [1.807, 2.05) is 35.2 Å². The van der Waals surface area contributed by atoms with Crippen LogP contribution in [-0.2, 0) is 16.1 Å². The van der Waals surface area contributed by atoms with Gasteiger partial charge in [-0.15, -0.1) is 0 Å². The van der Waals surface area contributed by atoms with Crippen LogP contribution < -0.4 is 10.6 Å². The Balaban J connectivity index is 1.65. The number of para-hydroxylation sites is 2. The summed E-state index contributed by atoms with van der Waals surface area (Å²) in [5.74, 6) is -0.580. The normalized spacial score (nSPS) is 17.2. The van der Waals surface area contributed by atoms with Crippen LogP contribution in [0.3, 0.4) is 0 Å². The highest BCUT2D eigenvalue weighted by molar-refractivity contribution is 6.12. The fraction of sp³-hybridized carbons (Fsp3) is 0.227. The lowest BCUT2D eigenvalue weighted by atomic mass is 10.1. The molecule has 0 bridgehead atoms. The van der Waals surface area contributed by atoms with E-state index in [1.165, 1.54) is 24.3 Å². The summed E-state index contributed by atoms with van der Waals surface area (Å²) in [6.45, 7) is 2.91. The van der Waals surface area contributed by atoms with Crippen LogP contribution in [0.2, 0.25) is 0 Å². The van der Waals surface area contributed by atoms with Gasteiger partial charge in [-0.05, 0) is 29.8 Å². The van der Waals surface area contributed by atoms with E-state index in [-0.39, 0.29) is 18.0 Å². The molecule has 2 aromatic rings. The Morgan fingerprint density at radius 2 is 1.90 bits per heavy atom. The summed E-state index contributed by atoms with van der Waals surface area (Å²) in [6.07, 6.45) is 0. The van der Waals surface area contributed by atoms with E-state index in [9.17, 15) is 14.4 Å². The highest BCUT2D eigenvalue weighted by Gasteiger charge is 2.29. The van der Waals surface area contributed by atoms with Crippen molar-refractivity contribution in [2.45, 2.75) is 6.61 Å². The van der Waals surface area contributed by atoms with Gasteiger partial charge in [0.1, 0.15) is 24.2 Å². The number of rotatable bonds is 3. The molecule has 0 atom stereocenters. The van der Waals surface area contributed by atoms with Crippen LogP contribution in [0.25, 0.3) is 0 Å². The van der Waals surface area contributed by atoms with Gasteiger partial charge in [0, 0.05) is 26.2 Å². The van der Waals surface area contributed by atoms with Gasteiger partial charge in [0.05, 0.1) is 11.4 Å². The zero-order valence-electron chi connectivity index (χ0n) is 16.2. The first kappa shape index (κ1) is 19.6.